The Morgan fingerprint density at radius 2 is 0.687 bits per heavy atom. The van der Waals surface area contributed by atoms with E-state index < -0.39 is 0 Å². The smallest absolute Gasteiger partial charge is 0.194 e. The lowest BCUT2D eigenvalue weighted by Crippen LogP contribution is -2.21. The van der Waals surface area contributed by atoms with Gasteiger partial charge in [0.1, 0.15) is 33.2 Å². The number of hydrogen-bond donors (Lipinski definition) is 7. The molecule has 15 aromatic heterocycles. The van der Waals surface area contributed by atoms with E-state index in [0.29, 0.717) is 0 Å². The number of pyridine rings is 5. The number of anilines is 10. The molecule has 134 heavy (non-hydrogen) atoms. The van der Waals surface area contributed by atoms with E-state index in [9.17, 15) is 0 Å². The average Bonchev–Trinajstić information content (AvgIpc) is 1.65. The molecule has 20 rings (SSSR count). The minimum absolute atomic E-state index is 0.202. The van der Waals surface area contributed by atoms with Crippen LogP contribution in [0.3, 0.4) is 0 Å². The number of methoxy groups -OCH3 is 1. The first-order valence-electron chi connectivity index (χ1n) is 45.5. The summed E-state index contributed by atoms with van der Waals surface area (Å²) in [6, 6.07) is 63.0. The van der Waals surface area contributed by atoms with Gasteiger partial charge in [-0.05, 0) is 154 Å². The third kappa shape index (κ3) is 21.0. The van der Waals surface area contributed by atoms with Crippen LogP contribution in [0.5, 0.6) is 5.06 Å². The Bertz CT molecular complexity index is 7160. The Hall–Kier alpha value is -14.1. The van der Waals surface area contributed by atoms with E-state index in [4.69, 9.17) is 24.7 Å². The van der Waals surface area contributed by atoms with Crippen LogP contribution in [-0.4, -0.2) is 148 Å². The Kier molecular flexibility index (Phi) is 30.2. The normalized spacial score (nSPS) is 11.6. The molecule has 2 atom stereocenters. The second kappa shape index (κ2) is 43.5. The van der Waals surface area contributed by atoms with E-state index >= 15 is 0 Å². The first kappa shape index (κ1) is 93.1. The number of ether oxygens (including phenoxy) is 1. The quantitative estimate of drug-likeness (QED) is 0.0230. The van der Waals surface area contributed by atoms with Crippen molar-refractivity contribution in [3.8, 4) is 71.8 Å². The maximum Gasteiger partial charge on any atom is 0.194 e. The van der Waals surface area contributed by atoms with Gasteiger partial charge in [-0.2, -0.15) is 0 Å². The largest absolute Gasteiger partial charge is 0.486 e. The van der Waals surface area contributed by atoms with Crippen LogP contribution in [0.2, 0.25) is 0 Å². The standard InChI is InChI=1S/C23H27N5S.2C22H25N5S.C21H23N5S.C17H13N3OS/c1-5-28(6-2)23-27-21(16(4)29-23)20-14-25-22-19(20)12-18(13-24-22)26-15(3)17-10-8-7-9-11-17;1-5-27(6-2)22-25-20(15(3)28-22)19-14-24-21-18(19)12-17(13-23-21)26(4)16-10-8-7-9-11-16;1-4-27(5-2)22-26-20(14-28-22)19-13-24-21-18(19)11-17(12-23-21)25-15(3)16-9-7-6-8-10-16;1-4-26(5-2)21-24-19(14-27-21)18-13-23-20-17(18)11-16(12-22-20)25(3)15-9-7-6-8-10-15;1-21-15-10-20-17(22-15)14-9-19-16-13(14)7-12(8-18-16)11-5-3-2-4-6-11/h7-15,26H,5-6H2,1-4H3,(H,24,25);7-14H,5-6H2,1-4H3,(H,23,24);6-15,25H,4-5H2,1-3H3,(H,23,24);6-14H,4-5H2,1-3H3,(H,22,23);2-10H,1H3,(H,18,19). The first-order chi connectivity index (χ1) is 65.5. The SMILES string of the molecule is CCN(CC)c1nc(-c2c[nH]c3ncc(N(C)c4ccccc4)cc23)c(C)s1.CCN(CC)c1nc(-c2c[nH]c3ncc(N(C)c4ccccc4)cc23)cs1.CCN(CC)c1nc(-c2c[nH]c3ncc(NC(C)c4ccccc4)cc23)c(C)s1.CCN(CC)c1nc(-c2c[nH]c3ncc(NC(C)c4ccccc4)cc23)cs1.COc1cnc(-c2c[nH]c3ncc(-c4ccccc4)cc23)s1. The predicted octanol–water partition coefficient (Wildman–Crippen LogP) is 27.0. The molecular weight excluding hydrogens is 1760 g/mol. The number of rotatable bonds is 29. The average molecular weight is 1870 g/mol. The second-order valence-electron chi connectivity index (χ2n) is 32.0. The lowest BCUT2D eigenvalue weighted by Gasteiger charge is -2.19. The van der Waals surface area contributed by atoms with Gasteiger partial charge < -0.3 is 69.7 Å². The number of thiazole rings is 5. The summed E-state index contributed by atoms with van der Waals surface area (Å²) in [6.07, 6.45) is 21.2. The van der Waals surface area contributed by atoms with Crippen LogP contribution in [0.15, 0.2) is 261 Å². The Balaban J connectivity index is 0.000000122. The third-order valence-corrected chi connectivity index (χ3v) is 28.7. The summed E-state index contributed by atoms with van der Waals surface area (Å²) in [5.74, 6) is 0. The molecule has 0 bridgehead atoms. The Labute approximate surface area is 802 Å². The van der Waals surface area contributed by atoms with Gasteiger partial charge in [0.2, 0.25) is 0 Å². The number of para-hydroxylation sites is 2. The van der Waals surface area contributed by atoms with Gasteiger partial charge in [0.25, 0.3) is 0 Å². The van der Waals surface area contributed by atoms with E-state index in [0.717, 1.165) is 234 Å². The first-order valence-corrected chi connectivity index (χ1v) is 49.7. The van der Waals surface area contributed by atoms with Crippen LogP contribution in [0.1, 0.15) is 102 Å². The minimum atomic E-state index is 0.202. The number of aryl methyl sites for hydroxylation is 2. The highest BCUT2D eigenvalue weighted by Gasteiger charge is 2.24. The molecule has 0 spiro atoms. The summed E-state index contributed by atoms with van der Waals surface area (Å²) in [7, 11) is 5.78. The molecular formula is C105H113N23OS5. The lowest BCUT2D eigenvalue weighted by molar-refractivity contribution is 0.426. The number of nitrogens with one attached hydrogen (secondary N) is 7. The third-order valence-electron chi connectivity index (χ3n) is 23.8. The number of aromatic amines is 5. The molecule has 15 heterocycles. The second-order valence-corrected chi connectivity index (χ2v) is 37.0. The van der Waals surface area contributed by atoms with Crippen molar-refractivity contribution >= 4 is 167 Å². The van der Waals surface area contributed by atoms with Gasteiger partial charge in [-0.25, -0.2) is 49.8 Å². The molecule has 24 nitrogen and oxygen atoms in total. The summed E-state index contributed by atoms with van der Waals surface area (Å²) in [6.45, 7) is 33.6. The zero-order valence-corrected chi connectivity index (χ0v) is 82.3. The van der Waals surface area contributed by atoms with Crippen molar-refractivity contribution in [2.75, 3.05) is 114 Å². The molecule has 0 radical (unpaired) electrons. The fraction of sp³-hybridized carbons (Fsp3) is 0.238. The monoisotopic (exact) mass is 1870 g/mol. The summed E-state index contributed by atoms with van der Waals surface area (Å²) < 4.78 is 5.23. The summed E-state index contributed by atoms with van der Waals surface area (Å²) in [5.41, 5.74) is 25.0. The molecule has 2 unspecified atom stereocenters. The molecule has 0 amide bonds. The van der Waals surface area contributed by atoms with Crippen LogP contribution in [0.4, 0.5) is 54.7 Å². The van der Waals surface area contributed by atoms with Gasteiger partial charge >= 0.3 is 0 Å². The number of H-pyrrole nitrogens is 5. The highest BCUT2D eigenvalue weighted by molar-refractivity contribution is 7.17. The van der Waals surface area contributed by atoms with Crippen LogP contribution >= 0.6 is 56.7 Å². The summed E-state index contributed by atoms with van der Waals surface area (Å²) >= 11 is 8.42. The molecule has 0 aliphatic rings. The van der Waals surface area contributed by atoms with Crippen molar-refractivity contribution in [2.45, 2.75) is 95.2 Å². The topological polar surface area (TPSA) is 261 Å². The number of benzene rings is 5. The fourth-order valence-electron chi connectivity index (χ4n) is 16.1. The van der Waals surface area contributed by atoms with Gasteiger partial charge in [-0.1, -0.05) is 139 Å². The van der Waals surface area contributed by atoms with Crippen molar-refractivity contribution in [3.05, 3.63) is 282 Å². The lowest BCUT2D eigenvalue weighted by atomic mass is 10.1. The van der Waals surface area contributed by atoms with Crippen LogP contribution < -0.4 is 44.8 Å². The van der Waals surface area contributed by atoms with Crippen molar-refractivity contribution in [2.24, 2.45) is 0 Å². The molecule has 0 saturated heterocycles. The van der Waals surface area contributed by atoms with Gasteiger partial charge in [0.05, 0.1) is 83.6 Å². The van der Waals surface area contributed by atoms with E-state index in [2.05, 4.69) is 318 Å². The highest BCUT2D eigenvalue weighted by atomic mass is 32.1. The Morgan fingerprint density at radius 1 is 0.343 bits per heavy atom. The van der Waals surface area contributed by atoms with Crippen molar-refractivity contribution in [1.29, 1.82) is 0 Å². The molecule has 29 heteroatoms. The number of aromatic nitrogens is 15. The zero-order valence-electron chi connectivity index (χ0n) is 78.2. The maximum atomic E-state index is 5.23. The highest BCUT2D eigenvalue weighted by Crippen LogP contribution is 2.43. The Morgan fingerprint density at radius 3 is 1.09 bits per heavy atom. The molecule has 5 aromatic carbocycles. The van der Waals surface area contributed by atoms with Crippen molar-refractivity contribution in [3.63, 3.8) is 0 Å². The van der Waals surface area contributed by atoms with E-state index in [1.54, 1.807) is 58.7 Å². The molecule has 0 aliphatic heterocycles. The van der Waals surface area contributed by atoms with Crippen LogP contribution in [0, 0.1) is 13.8 Å². The molecule has 0 saturated carbocycles. The predicted molar refractivity (Wildman–Crippen MR) is 568 cm³/mol. The van der Waals surface area contributed by atoms with E-state index in [1.165, 1.54) is 32.2 Å². The van der Waals surface area contributed by atoms with Crippen LogP contribution in [-0.2, 0) is 0 Å². The molecule has 0 aliphatic carbocycles. The van der Waals surface area contributed by atoms with Gasteiger partial charge in [0, 0.05) is 208 Å². The summed E-state index contributed by atoms with van der Waals surface area (Å²) in [5, 5.41) is 22.8. The van der Waals surface area contributed by atoms with Gasteiger partial charge in [-0.3, -0.25) is 0 Å². The fourth-order valence-corrected chi connectivity index (χ4v) is 20.9. The zero-order chi connectivity index (χ0) is 93.3. The maximum absolute atomic E-state index is 5.23. The molecule has 7 N–H and O–H groups in total. The number of nitrogens with zero attached hydrogens (tertiary/aromatic N) is 16. The van der Waals surface area contributed by atoms with Gasteiger partial charge in [0.15, 0.2) is 25.6 Å². The van der Waals surface area contributed by atoms with Crippen molar-refractivity contribution in [1.82, 2.24) is 74.8 Å². The van der Waals surface area contributed by atoms with E-state index in [1.807, 2.05) is 129 Å². The van der Waals surface area contributed by atoms with Crippen molar-refractivity contribution < 1.29 is 4.74 Å². The van der Waals surface area contributed by atoms with E-state index in [-0.39, 0.29) is 12.1 Å². The number of fused-ring (bicyclic) bond motifs is 5. The van der Waals surface area contributed by atoms with Gasteiger partial charge in [-0.15, -0.1) is 45.3 Å². The molecule has 20 aromatic rings. The minimum Gasteiger partial charge on any atom is -0.486 e. The van der Waals surface area contributed by atoms with Crippen LogP contribution in [0.25, 0.3) is 122 Å². The number of hydrogen-bond acceptors (Lipinski definition) is 24. The molecule has 0 fully saturated rings. The molecule has 684 valence electrons. The summed E-state index contributed by atoms with van der Waals surface area (Å²) in [4.78, 5) is 79.3.